The Hall–Kier alpha value is -4.11. The van der Waals surface area contributed by atoms with Gasteiger partial charge in [-0.15, -0.1) is 0 Å². The summed E-state index contributed by atoms with van der Waals surface area (Å²) in [7, 11) is -3.45. The summed E-state index contributed by atoms with van der Waals surface area (Å²) in [6, 6.07) is 21.1. The molecule has 34 heavy (non-hydrogen) atoms. The van der Waals surface area contributed by atoms with Crippen LogP contribution >= 0.6 is 0 Å². The molecule has 0 spiro atoms. The van der Waals surface area contributed by atoms with Gasteiger partial charge < -0.3 is 0 Å². The lowest BCUT2D eigenvalue weighted by Crippen LogP contribution is -2.14. The van der Waals surface area contributed by atoms with Crippen LogP contribution in [-0.2, 0) is 16.4 Å². The van der Waals surface area contributed by atoms with Gasteiger partial charge in [-0.1, -0.05) is 30.3 Å². The molecule has 4 heterocycles. The summed E-state index contributed by atoms with van der Waals surface area (Å²) in [5.41, 5.74) is 4.56. The second-order valence-corrected chi connectivity index (χ2v) is 9.70. The lowest BCUT2D eigenvalue weighted by Gasteiger charge is -2.19. The molecule has 0 radical (unpaired) electrons. The number of benzene rings is 1. The van der Waals surface area contributed by atoms with Crippen LogP contribution in [-0.4, -0.2) is 39.2 Å². The molecule has 0 saturated heterocycles. The first-order valence-corrected chi connectivity index (χ1v) is 12.6. The number of aromatic nitrogens is 5. The molecular formula is C25H22N6O2S. The van der Waals surface area contributed by atoms with Crippen LogP contribution < -0.4 is 4.72 Å². The summed E-state index contributed by atoms with van der Waals surface area (Å²) in [5, 5.41) is 0. The van der Waals surface area contributed by atoms with Crippen molar-refractivity contribution in [1.29, 1.82) is 0 Å². The summed E-state index contributed by atoms with van der Waals surface area (Å²) in [6.07, 6.45) is 8.77. The molecule has 0 aliphatic heterocycles. The second-order valence-electron chi connectivity index (χ2n) is 7.95. The van der Waals surface area contributed by atoms with Crippen molar-refractivity contribution in [3.8, 4) is 5.82 Å². The summed E-state index contributed by atoms with van der Waals surface area (Å²) in [6.45, 7) is 0. The minimum atomic E-state index is -3.45. The molecule has 5 aromatic rings. The highest BCUT2D eigenvalue weighted by Gasteiger charge is 2.21. The molecule has 0 saturated carbocycles. The van der Waals surface area contributed by atoms with Gasteiger partial charge in [-0.25, -0.2) is 23.4 Å². The van der Waals surface area contributed by atoms with Crippen molar-refractivity contribution >= 4 is 26.9 Å². The lowest BCUT2D eigenvalue weighted by molar-refractivity contribution is 0.606. The van der Waals surface area contributed by atoms with Crippen molar-refractivity contribution in [1.82, 2.24) is 24.5 Å². The number of fused-ring (bicyclic) bond motifs is 1. The predicted molar refractivity (Wildman–Crippen MR) is 131 cm³/mol. The van der Waals surface area contributed by atoms with Crippen LogP contribution in [0.3, 0.4) is 0 Å². The number of rotatable bonds is 7. The molecule has 1 atom stereocenters. The molecule has 0 fully saturated rings. The average Bonchev–Trinajstić information content (AvgIpc) is 3.26. The number of imidazole rings is 1. The van der Waals surface area contributed by atoms with Gasteiger partial charge in [0.25, 0.3) is 0 Å². The van der Waals surface area contributed by atoms with Crippen LogP contribution in [0, 0.1) is 0 Å². The van der Waals surface area contributed by atoms with Crippen molar-refractivity contribution in [2.45, 2.75) is 12.3 Å². The first kappa shape index (κ1) is 21.7. The zero-order valence-corrected chi connectivity index (χ0v) is 19.2. The molecule has 0 bridgehead atoms. The monoisotopic (exact) mass is 470 g/mol. The minimum absolute atomic E-state index is 0.173. The Kier molecular flexibility index (Phi) is 5.77. The molecule has 5 rings (SSSR count). The number of hydrogen-bond donors (Lipinski definition) is 1. The first-order chi connectivity index (χ1) is 16.5. The van der Waals surface area contributed by atoms with Gasteiger partial charge in [-0.05, 0) is 53.9 Å². The van der Waals surface area contributed by atoms with E-state index < -0.39 is 10.0 Å². The third-order valence-corrected chi connectivity index (χ3v) is 6.06. The molecule has 0 amide bonds. The molecule has 0 aliphatic rings. The number of nitrogens with zero attached hydrogens (tertiary/aromatic N) is 5. The Morgan fingerprint density at radius 2 is 1.79 bits per heavy atom. The number of pyridine rings is 3. The van der Waals surface area contributed by atoms with E-state index in [2.05, 4.69) is 24.7 Å². The fourth-order valence-electron chi connectivity index (χ4n) is 4.02. The Labute approximate surface area is 197 Å². The number of para-hydroxylation sites is 2. The molecule has 1 aromatic carbocycles. The van der Waals surface area contributed by atoms with Crippen LogP contribution in [0.5, 0.6) is 0 Å². The fourth-order valence-corrected chi connectivity index (χ4v) is 4.52. The van der Waals surface area contributed by atoms with E-state index in [0.29, 0.717) is 6.42 Å². The Morgan fingerprint density at radius 3 is 2.62 bits per heavy atom. The van der Waals surface area contributed by atoms with E-state index in [9.17, 15) is 8.42 Å². The molecule has 9 heteroatoms. The van der Waals surface area contributed by atoms with Crippen molar-refractivity contribution in [3.63, 3.8) is 0 Å². The average molecular weight is 471 g/mol. The SMILES string of the molecule is CS(=O)(=O)Nc1cccc(C(Cc2cccnc2-n2cnc3ccccc32)c2cccnc2)n1. The smallest absolute Gasteiger partial charge is 0.230 e. The van der Waals surface area contributed by atoms with Crippen molar-refractivity contribution < 1.29 is 8.42 Å². The van der Waals surface area contributed by atoms with Crippen LogP contribution in [0.25, 0.3) is 16.9 Å². The van der Waals surface area contributed by atoms with Crippen molar-refractivity contribution in [3.05, 3.63) is 108 Å². The normalized spacial score (nSPS) is 12.5. The summed E-state index contributed by atoms with van der Waals surface area (Å²) < 4.78 is 27.9. The zero-order chi connectivity index (χ0) is 23.5. The summed E-state index contributed by atoms with van der Waals surface area (Å²) in [5.74, 6) is 0.893. The number of sulfonamides is 1. The highest BCUT2D eigenvalue weighted by atomic mass is 32.2. The molecule has 1 unspecified atom stereocenters. The largest absolute Gasteiger partial charge is 0.283 e. The van der Waals surface area contributed by atoms with E-state index in [-0.39, 0.29) is 11.7 Å². The summed E-state index contributed by atoms with van der Waals surface area (Å²) >= 11 is 0. The predicted octanol–water partition coefficient (Wildman–Crippen LogP) is 3.96. The standard InChI is InChI=1S/C25H22N6O2S/c1-34(32,33)30-24-12-4-10-21(29-24)20(19-8-5-13-26-16-19)15-18-7-6-14-27-25(18)31-17-28-22-9-2-3-11-23(22)31/h2-14,16-17,20H,15H2,1H3,(H,29,30). The third kappa shape index (κ3) is 4.65. The highest BCUT2D eigenvalue weighted by molar-refractivity contribution is 7.92. The lowest BCUT2D eigenvalue weighted by atomic mass is 9.90. The van der Waals surface area contributed by atoms with Gasteiger partial charge in [0.1, 0.15) is 18.0 Å². The molecule has 8 nitrogen and oxygen atoms in total. The number of nitrogens with one attached hydrogen (secondary N) is 1. The third-order valence-electron chi connectivity index (χ3n) is 5.48. The van der Waals surface area contributed by atoms with Crippen molar-refractivity contribution in [2.24, 2.45) is 0 Å². The Bertz CT molecular complexity index is 1550. The van der Waals surface area contributed by atoms with Crippen LogP contribution in [0.15, 0.2) is 91.6 Å². The van der Waals surface area contributed by atoms with Gasteiger partial charge >= 0.3 is 0 Å². The summed E-state index contributed by atoms with van der Waals surface area (Å²) in [4.78, 5) is 18.1. The fraction of sp³-hybridized carbons (Fsp3) is 0.120. The van der Waals surface area contributed by atoms with Gasteiger partial charge in [0.15, 0.2) is 0 Å². The Balaban J connectivity index is 1.59. The van der Waals surface area contributed by atoms with Crippen LogP contribution in [0.2, 0.25) is 0 Å². The van der Waals surface area contributed by atoms with Crippen molar-refractivity contribution in [2.75, 3.05) is 11.0 Å². The topological polar surface area (TPSA) is 103 Å². The van der Waals surface area contributed by atoms with Gasteiger partial charge in [-0.2, -0.15) is 0 Å². The maximum atomic E-state index is 11.7. The van der Waals surface area contributed by atoms with E-state index >= 15 is 0 Å². The number of anilines is 1. The van der Waals surface area contributed by atoms with Gasteiger partial charge in [-0.3, -0.25) is 14.3 Å². The first-order valence-electron chi connectivity index (χ1n) is 10.7. The zero-order valence-electron chi connectivity index (χ0n) is 18.4. The van der Waals surface area contributed by atoms with E-state index in [1.165, 1.54) is 0 Å². The number of hydrogen-bond acceptors (Lipinski definition) is 6. The highest BCUT2D eigenvalue weighted by Crippen LogP contribution is 2.30. The van der Waals surface area contributed by atoms with Gasteiger partial charge in [0.2, 0.25) is 10.0 Å². The van der Waals surface area contributed by atoms with E-state index in [1.54, 1.807) is 30.9 Å². The quantitative estimate of drug-likeness (QED) is 0.386. The minimum Gasteiger partial charge on any atom is -0.283 e. The van der Waals surface area contributed by atoms with E-state index in [0.717, 1.165) is 39.9 Å². The molecule has 4 aromatic heterocycles. The van der Waals surface area contributed by atoms with Gasteiger partial charge in [0.05, 0.1) is 23.0 Å². The molecule has 1 N–H and O–H groups in total. The van der Waals surface area contributed by atoms with E-state index in [4.69, 9.17) is 0 Å². The van der Waals surface area contributed by atoms with Gasteiger partial charge in [0, 0.05) is 24.5 Å². The molecular weight excluding hydrogens is 448 g/mol. The van der Waals surface area contributed by atoms with Crippen LogP contribution in [0.1, 0.15) is 22.7 Å². The van der Waals surface area contributed by atoms with E-state index in [1.807, 2.05) is 65.4 Å². The molecule has 170 valence electrons. The maximum absolute atomic E-state index is 11.7. The molecule has 0 aliphatic carbocycles. The van der Waals surface area contributed by atoms with Crippen LogP contribution in [0.4, 0.5) is 5.82 Å². The Morgan fingerprint density at radius 1 is 0.941 bits per heavy atom. The second kappa shape index (κ2) is 9.03. The maximum Gasteiger partial charge on any atom is 0.230 e.